The molecule has 27 heavy (non-hydrogen) atoms. The molecule has 4 rings (SSSR count). The van der Waals surface area contributed by atoms with Gasteiger partial charge in [-0.1, -0.05) is 39.8 Å². The summed E-state index contributed by atoms with van der Waals surface area (Å²) in [5.41, 5.74) is 0.792. The number of rotatable bonds is 2. The second-order valence-electron chi connectivity index (χ2n) is 6.55. The van der Waals surface area contributed by atoms with E-state index in [1.54, 1.807) is 19.1 Å². The number of nitrogens with zero attached hydrogens (tertiary/aromatic N) is 2. The Bertz CT molecular complexity index is 949. The smallest absolute Gasteiger partial charge is 0.261 e. The largest absolute Gasteiger partial charge is 0.497 e. The topological polar surface area (TPSA) is 51.1 Å². The molecule has 0 radical (unpaired) electrons. The molecule has 0 saturated carbocycles. The summed E-state index contributed by atoms with van der Waals surface area (Å²) >= 11 is 4.99. The Labute approximate surface area is 170 Å². The van der Waals surface area contributed by atoms with E-state index < -0.39 is 5.54 Å². The Morgan fingerprint density at radius 2 is 2.15 bits per heavy atom. The van der Waals surface area contributed by atoms with Gasteiger partial charge in [0.1, 0.15) is 17.6 Å². The molecule has 2 aromatic rings. The average molecular weight is 447 g/mol. The molecule has 1 spiro atoms. The molecule has 0 bridgehead atoms. The number of carbonyl (C=O) groups excluding carboxylic acids is 1. The van der Waals surface area contributed by atoms with Crippen LogP contribution < -0.4 is 9.47 Å². The van der Waals surface area contributed by atoms with Crippen molar-refractivity contribution in [1.29, 1.82) is 0 Å². The summed E-state index contributed by atoms with van der Waals surface area (Å²) in [5.74, 6) is 1.42. The minimum absolute atomic E-state index is 0.0256. The van der Waals surface area contributed by atoms with Gasteiger partial charge < -0.3 is 9.47 Å². The second-order valence-corrected chi connectivity index (χ2v) is 8.24. The van der Waals surface area contributed by atoms with Crippen LogP contribution in [-0.2, 0) is 10.3 Å². The molecule has 7 heteroatoms. The maximum absolute atomic E-state index is 13.3. The number of hydrogen-bond donors (Lipinski definition) is 0. The van der Waals surface area contributed by atoms with Crippen molar-refractivity contribution >= 4 is 38.8 Å². The van der Waals surface area contributed by atoms with Gasteiger partial charge in [0.25, 0.3) is 5.91 Å². The fraction of sp³-hybridized carbons (Fsp3) is 0.300. The molecule has 2 aromatic carbocycles. The van der Waals surface area contributed by atoms with Crippen molar-refractivity contribution in [2.45, 2.75) is 18.1 Å². The zero-order chi connectivity index (χ0) is 19.2. The zero-order valence-corrected chi connectivity index (χ0v) is 17.6. The number of fused-ring (bicyclic) bond motifs is 2. The maximum atomic E-state index is 13.3. The number of benzene rings is 2. The number of aliphatic imine (C=N–C) groups is 1. The first-order valence-corrected chi connectivity index (χ1v) is 10.5. The molecule has 2 aliphatic heterocycles. The predicted octanol–water partition coefficient (Wildman–Crippen LogP) is 4.37. The second kappa shape index (κ2) is 6.87. The van der Waals surface area contributed by atoms with Gasteiger partial charge in [0, 0.05) is 23.5 Å². The van der Waals surface area contributed by atoms with Crippen molar-refractivity contribution in [3.63, 3.8) is 0 Å². The van der Waals surface area contributed by atoms with Crippen LogP contribution in [0, 0.1) is 0 Å². The van der Waals surface area contributed by atoms with E-state index in [9.17, 15) is 4.79 Å². The highest BCUT2D eigenvalue weighted by atomic mass is 79.9. The number of likely N-dealkylation sites (N-methyl/N-ethyl adjacent to an activating group) is 1. The number of hydrogen-bond acceptors (Lipinski definition) is 5. The van der Waals surface area contributed by atoms with Gasteiger partial charge in [-0.3, -0.25) is 9.69 Å². The number of ether oxygens (including phenoxy) is 2. The van der Waals surface area contributed by atoms with E-state index in [-0.39, 0.29) is 12.0 Å². The van der Waals surface area contributed by atoms with Crippen molar-refractivity contribution in [1.82, 2.24) is 4.90 Å². The lowest BCUT2D eigenvalue weighted by Gasteiger charge is -2.37. The molecule has 0 fully saturated rings. The van der Waals surface area contributed by atoms with Gasteiger partial charge in [-0.05, 0) is 42.2 Å². The monoisotopic (exact) mass is 446 g/mol. The molecule has 140 valence electrons. The lowest BCUT2D eigenvalue weighted by molar-refractivity contribution is -0.132. The first kappa shape index (κ1) is 18.4. The van der Waals surface area contributed by atoms with Crippen LogP contribution in [0.25, 0.3) is 0 Å². The highest BCUT2D eigenvalue weighted by Crippen LogP contribution is 2.51. The molecule has 0 saturated heterocycles. The Morgan fingerprint density at radius 1 is 1.33 bits per heavy atom. The van der Waals surface area contributed by atoms with Gasteiger partial charge >= 0.3 is 0 Å². The molecule has 0 aromatic heterocycles. The van der Waals surface area contributed by atoms with Crippen LogP contribution in [0.1, 0.15) is 23.7 Å². The molecule has 0 aliphatic carbocycles. The Kier molecular flexibility index (Phi) is 4.68. The molecule has 2 aliphatic rings. The highest BCUT2D eigenvalue weighted by molar-refractivity contribution is 9.10. The summed E-state index contributed by atoms with van der Waals surface area (Å²) in [4.78, 5) is 19.9. The Morgan fingerprint density at radius 3 is 2.85 bits per heavy atom. The molecule has 2 heterocycles. The lowest BCUT2D eigenvalue weighted by Crippen LogP contribution is -2.42. The third-order valence-corrected chi connectivity index (χ3v) is 6.24. The zero-order valence-electron chi connectivity index (χ0n) is 15.2. The third-order valence-electron chi connectivity index (χ3n) is 5.02. The molecule has 2 atom stereocenters. The van der Waals surface area contributed by atoms with Gasteiger partial charge in [-0.15, -0.1) is 0 Å². The number of halogens is 1. The number of amides is 1. The van der Waals surface area contributed by atoms with Crippen molar-refractivity contribution < 1.29 is 14.3 Å². The molecular formula is C20H19BrN2O3S. The van der Waals surface area contributed by atoms with Gasteiger partial charge in [-0.25, -0.2) is 4.99 Å². The summed E-state index contributed by atoms with van der Waals surface area (Å²) in [6.07, 6.45) is 2.08. The van der Waals surface area contributed by atoms with E-state index in [1.165, 1.54) is 11.8 Å². The summed E-state index contributed by atoms with van der Waals surface area (Å²) in [6, 6.07) is 13.5. The SMILES string of the molecule is COc1cccc(C2CC3(N=C(SC)N(C)C3=O)c3cc(Br)ccc3O2)c1. The molecule has 5 nitrogen and oxygen atoms in total. The predicted molar refractivity (Wildman–Crippen MR) is 111 cm³/mol. The van der Waals surface area contributed by atoms with Crippen LogP contribution in [0.3, 0.4) is 0 Å². The minimum Gasteiger partial charge on any atom is -0.497 e. The maximum Gasteiger partial charge on any atom is 0.261 e. The fourth-order valence-corrected chi connectivity index (χ4v) is 4.64. The van der Waals surface area contributed by atoms with Crippen LogP contribution in [0.2, 0.25) is 0 Å². The van der Waals surface area contributed by atoms with E-state index in [1.807, 2.05) is 48.7 Å². The Balaban J connectivity index is 1.87. The van der Waals surface area contributed by atoms with E-state index in [4.69, 9.17) is 14.5 Å². The highest BCUT2D eigenvalue weighted by Gasteiger charge is 2.54. The summed E-state index contributed by atoms with van der Waals surface area (Å²) < 4.78 is 12.5. The van der Waals surface area contributed by atoms with Gasteiger partial charge in [-0.2, -0.15) is 0 Å². The summed E-state index contributed by atoms with van der Waals surface area (Å²) in [5, 5.41) is 0.720. The number of thioether (sulfide) groups is 1. The van der Waals surface area contributed by atoms with E-state index in [0.717, 1.165) is 26.5 Å². The fourth-order valence-electron chi connectivity index (χ4n) is 3.67. The molecule has 0 N–H and O–H groups in total. The molecule has 2 unspecified atom stereocenters. The standard InChI is InChI=1S/C20H19BrN2O3S/c1-23-18(24)20(22-19(23)27-3)11-17(12-5-4-6-14(9-12)25-2)26-16-8-7-13(21)10-15(16)20/h4-10,17H,11H2,1-3H3. The van der Waals surface area contributed by atoms with Gasteiger partial charge in [0.05, 0.1) is 7.11 Å². The summed E-state index contributed by atoms with van der Waals surface area (Å²) in [7, 11) is 3.42. The molecule has 1 amide bonds. The van der Waals surface area contributed by atoms with Crippen molar-refractivity contribution in [2.24, 2.45) is 4.99 Å². The first-order chi connectivity index (χ1) is 13.0. The van der Waals surface area contributed by atoms with Gasteiger partial charge in [0.2, 0.25) is 0 Å². The van der Waals surface area contributed by atoms with Gasteiger partial charge in [0.15, 0.2) is 10.7 Å². The van der Waals surface area contributed by atoms with Crippen LogP contribution in [-0.4, -0.2) is 36.4 Å². The lowest BCUT2D eigenvalue weighted by atomic mass is 9.80. The summed E-state index contributed by atoms with van der Waals surface area (Å²) in [6.45, 7) is 0. The average Bonchev–Trinajstić information content (AvgIpc) is 2.93. The van der Waals surface area contributed by atoms with Crippen molar-refractivity contribution in [3.05, 3.63) is 58.1 Å². The number of carbonyl (C=O) groups is 1. The van der Waals surface area contributed by atoms with E-state index >= 15 is 0 Å². The van der Waals surface area contributed by atoms with E-state index in [0.29, 0.717) is 12.2 Å². The molecular weight excluding hydrogens is 428 g/mol. The van der Waals surface area contributed by atoms with Crippen LogP contribution in [0.4, 0.5) is 0 Å². The van der Waals surface area contributed by atoms with E-state index in [2.05, 4.69) is 15.9 Å². The number of amidine groups is 1. The quantitative estimate of drug-likeness (QED) is 0.686. The normalized spacial score (nSPS) is 23.9. The first-order valence-electron chi connectivity index (χ1n) is 8.51. The third kappa shape index (κ3) is 2.93. The Hall–Kier alpha value is -1.99. The minimum atomic E-state index is -0.974. The van der Waals surface area contributed by atoms with Crippen LogP contribution in [0.15, 0.2) is 51.9 Å². The number of methoxy groups -OCH3 is 1. The van der Waals surface area contributed by atoms with Crippen molar-refractivity contribution in [2.75, 3.05) is 20.4 Å². The van der Waals surface area contributed by atoms with Crippen LogP contribution >= 0.6 is 27.7 Å². The van der Waals surface area contributed by atoms with Crippen molar-refractivity contribution in [3.8, 4) is 11.5 Å². The van der Waals surface area contributed by atoms with Crippen LogP contribution in [0.5, 0.6) is 11.5 Å².